The predicted octanol–water partition coefficient (Wildman–Crippen LogP) is 4.70. The van der Waals surface area contributed by atoms with Gasteiger partial charge >= 0.3 is 0 Å². The van der Waals surface area contributed by atoms with Gasteiger partial charge in [-0.15, -0.1) is 24.8 Å². The Hall–Kier alpha value is -1.79. The van der Waals surface area contributed by atoms with Crippen LogP contribution in [-0.4, -0.2) is 54.5 Å². The average molecular weight is 495 g/mol. The number of nitrogens with two attached hydrogens (primary N) is 1. The summed E-state index contributed by atoms with van der Waals surface area (Å²) in [5, 5.41) is 0. The van der Waals surface area contributed by atoms with Crippen LogP contribution in [0.15, 0.2) is 48.5 Å². The highest BCUT2D eigenvalue weighted by molar-refractivity contribution is 5.94. The molecule has 1 atom stereocenters. The molecule has 1 saturated heterocycles. The Bertz CT molecular complexity index is 880. The van der Waals surface area contributed by atoms with Gasteiger partial charge in [0.15, 0.2) is 0 Å². The van der Waals surface area contributed by atoms with Crippen LogP contribution in [0.25, 0.3) is 0 Å². The zero-order valence-corrected chi connectivity index (χ0v) is 20.9. The van der Waals surface area contributed by atoms with Crippen molar-refractivity contribution in [3.05, 3.63) is 65.2 Å². The maximum absolute atomic E-state index is 13.3. The van der Waals surface area contributed by atoms with Gasteiger partial charge in [-0.25, -0.2) is 0 Å². The molecule has 33 heavy (non-hydrogen) atoms. The molecule has 2 aromatic rings. The maximum Gasteiger partial charge on any atom is 0.253 e. The molecule has 0 radical (unpaired) electrons. The number of benzene rings is 2. The van der Waals surface area contributed by atoms with Crippen LogP contribution in [0.3, 0.4) is 0 Å². The highest BCUT2D eigenvalue weighted by Crippen LogP contribution is 2.23. The maximum atomic E-state index is 13.3. The summed E-state index contributed by atoms with van der Waals surface area (Å²) in [5.41, 5.74) is 8.87. The number of carbonyl (C=O) groups is 1. The Balaban J connectivity index is 0.00000193. The highest BCUT2D eigenvalue weighted by Gasteiger charge is 2.24. The van der Waals surface area contributed by atoms with Crippen molar-refractivity contribution >= 4 is 30.7 Å². The number of hydrogen-bond acceptors (Lipinski definition) is 4. The molecule has 4 rings (SSSR count). The van der Waals surface area contributed by atoms with E-state index in [0.717, 1.165) is 55.8 Å². The van der Waals surface area contributed by atoms with Crippen LogP contribution in [0.2, 0.25) is 0 Å². The standard InChI is InChI=1S/C26H35N3O2.2ClH/c27-20-22-7-3-8-23(18-22)26(30)29-14-5-17-31-25-10-4-6-21(19-25)11-12-24-9-1-2-13-28(24)15-16-29;;/h3-4,6-8,10,18-19,24H,1-2,5,9,11-17,20,27H2;2*1H. The van der Waals surface area contributed by atoms with Gasteiger partial charge < -0.3 is 15.4 Å². The second-order valence-electron chi connectivity index (χ2n) is 8.77. The predicted molar refractivity (Wildman–Crippen MR) is 139 cm³/mol. The van der Waals surface area contributed by atoms with Crippen LogP contribution in [0, 0.1) is 0 Å². The van der Waals surface area contributed by atoms with Crippen LogP contribution in [-0.2, 0) is 13.0 Å². The number of aryl methyl sites for hydroxylation is 1. The van der Waals surface area contributed by atoms with Gasteiger partial charge in [0, 0.05) is 37.8 Å². The van der Waals surface area contributed by atoms with E-state index in [0.29, 0.717) is 25.7 Å². The van der Waals surface area contributed by atoms with Crippen LogP contribution < -0.4 is 10.5 Å². The topological polar surface area (TPSA) is 58.8 Å². The number of ether oxygens (including phenoxy) is 1. The molecule has 2 N–H and O–H groups in total. The molecule has 7 heteroatoms. The highest BCUT2D eigenvalue weighted by atomic mass is 35.5. The van der Waals surface area contributed by atoms with Gasteiger partial charge in [-0.1, -0.05) is 30.7 Å². The van der Waals surface area contributed by atoms with Crippen LogP contribution in [0.5, 0.6) is 5.75 Å². The fourth-order valence-electron chi connectivity index (χ4n) is 4.83. The fourth-order valence-corrected chi connectivity index (χ4v) is 4.83. The molecule has 2 aromatic carbocycles. The molecule has 2 heterocycles. The second kappa shape index (κ2) is 13.8. The van der Waals surface area contributed by atoms with E-state index in [2.05, 4.69) is 23.1 Å². The first-order chi connectivity index (χ1) is 15.2. The first-order valence-electron chi connectivity index (χ1n) is 11.8. The van der Waals surface area contributed by atoms with Crippen LogP contribution in [0.4, 0.5) is 0 Å². The van der Waals surface area contributed by atoms with Gasteiger partial charge in [0.2, 0.25) is 0 Å². The van der Waals surface area contributed by atoms with Gasteiger partial charge in [0.05, 0.1) is 6.61 Å². The van der Waals surface area contributed by atoms with E-state index >= 15 is 0 Å². The summed E-state index contributed by atoms with van der Waals surface area (Å²) in [6.45, 7) is 4.59. The van der Waals surface area contributed by atoms with E-state index in [4.69, 9.17) is 10.5 Å². The van der Waals surface area contributed by atoms with Crippen molar-refractivity contribution in [3.8, 4) is 5.75 Å². The molecule has 2 bridgehead atoms. The molecule has 0 spiro atoms. The Morgan fingerprint density at radius 2 is 1.79 bits per heavy atom. The molecule has 1 fully saturated rings. The van der Waals surface area contributed by atoms with E-state index < -0.39 is 0 Å². The summed E-state index contributed by atoms with van der Waals surface area (Å²) in [4.78, 5) is 18.0. The molecule has 182 valence electrons. The monoisotopic (exact) mass is 493 g/mol. The van der Waals surface area contributed by atoms with Gasteiger partial charge in [-0.2, -0.15) is 0 Å². The first kappa shape index (κ1) is 27.5. The largest absolute Gasteiger partial charge is 0.494 e. The van der Waals surface area contributed by atoms with Crippen molar-refractivity contribution in [2.75, 3.05) is 32.8 Å². The summed E-state index contributed by atoms with van der Waals surface area (Å²) in [6.07, 6.45) is 6.87. The zero-order chi connectivity index (χ0) is 21.5. The smallest absolute Gasteiger partial charge is 0.253 e. The third-order valence-corrected chi connectivity index (χ3v) is 6.61. The van der Waals surface area contributed by atoms with Crippen molar-refractivity contribution in [2.24, 2.45) is 5.73 Å². The summed E-state index contributed by atoms with van der Waals surface area (Å²) < 4.78 is 6.00. The first-order valence-corrected chi connectivity index (χ1v) is 11.8. The molecule has 1 unspecified atom stereocenters. The lowest BCUT2D eigenvalue weighted by Crippen LogP contribution is -2.45. The zero-order valence-electron chi connectivity index (χ0n) is 19.3. The quantitative estimate of drug-likeness (QED) is 0.658. The Morgan fingerprint density at radius 3 is 2.64 bits per heavy atom. The number of rotatable bonds is 2. The number of fused-ring (bicyclic) bond motifs is 3. The number of halogens is 2. The molecular weight excluding hydrogens is 457 g/mol. The van der Waals surface area contributed by atoms with E-state index in [9.17, 15) is 4.79 Å². The minimum Gasteiger partial charge on any atom is -0.494 e. The SMILES string of the molecule is Cl.Cl.NCc1cccc(C(=O)N2CCCOc3cccc(c3)CCC3CCCCN3CC2)c1. The number of piperidine rings is 1. The van der Waals surface area contributed by atoms with Crippen LogP contribution >= 0.6 is 24.8 Å². The van der Waals surface area contributed by atoms with Gasteiger partial charge in [-0.05, 0) is 74.0 Å². The summed E-state index contributed by atoms with van der Waals surface area (Å²) in [6, 6.07) is 16.8. The van der Waals surface area contributed by atoms with Crippen molar-refractivity contribution in [2.45, 2.75) is 51.1 Å². The molecule has 0 saturated carbocycles. The summed E-state index contributed by atoms with van der Waals surface area (Å²) in [5.74, 6) is 1.03. The molecule has 2 aliphatic heterocycles. The second-order valence-corrected chi connectivity index (χ2v) is 8.77. The molecule has 2 aliphatic rings. The van der Waals surface area contributed by atoms with Gasteiger partial charge in [0.25, 0.3) is 5.91 Å². The van der Waals surface area contributed by atoms with Crippen molar-refractivity contribution < 1.29 is 9.53 Å². The molecule has 0 aliphatic carbocycles. The minimum atomic E-state index is 0. The fraction of sp³-hybridized carbons (Fsp3) is 0.500. The Labute approximate surface area is 210 Å². The molecule has 0 aromatic heterocycles. The molecule has 1 amide bonds. The molecule has 5 nitrogen and oxygen atoms in total. The van der Waals surface area contributed by atoms with Gasteiger partial charge in [-0.3, -0.25) is 9.69 Å². The van der Waals surface area contributed by atoms with Gasteiger partial charge in [0.1, 0.15) is 5.75 Å². The van der Waals surface area contributed by atoms with E-state index in [1.807, 2.05) is 35.2 Å². The number of nitrogens with zero attached hydrogens (tertiary/aromatic N) is 2. The van der Waals surface area contributed by atoms with E-state index in [1.165, 1.54) is 24.8 Å². The third-order valence-electron chi connectivity index (χ3n) is 6.61. The number of amides is 1. The lowest BCUT2D eigenvalue weighted by atomic mass is 9.95. The third kappa shape index (κ3) is 7.61. The lowest BCUT2D eigenvalue weighted by Gasteiger charge is -2.37. The van der Waals surface area contributed by atoms with E-state index in [1.54, 1.807) is 0 Å². The van der Waals surface area contributed by atoms with Crippen molar-refractivity contribution in [1.29, 1.82) is 0 Å². The Morgan fingerprint density at radius 1 is 0.939 bits per heavy atom. The van der Waals surface area contributed by atoms with Crippen molar-refractivity contribution in [3.63, 3.8) is 0 Å². The molecular formula is C26H37Cl2N3O2. The summed E-state index contributed by atoms with van der Waals surface area (Å²) in [7, 11) is 0. The normalized spacial score (nSPS) is 19.7. The number of carbonyl (C=O) groups excluding carboxylic acids is 1. The Kier molecular flexibility index (Phi) is 11.5. The number of hydrogen-bond donors (Lipinski definition) is 1. The minimum absolute atomic E-state index is 0. The lowest BCUT2D eigenvalue weighted by molar-refractivity contribution is 0.0682. The summed E-state index contributed by atoms with van der Waals surface area (Å²) >= 11 is 0. The average Bonchev–Trinajstić information content (AvgIpc) is 2.82. The van der Waals surface area contributed by atoms with Crippen LogP contribution in [0.1, 0.15) is 53.6 Å². The van der Waals surface area contributed by atoms with Crippen molar-refractivity contribution in [1.82, 2.24) is 9.80 Å². The van der Waals surface area contributed by atoms with E-state index in [-0.39, 0.29) is 30.7 Å².